The standard InChI is InChI=1S/C24H13Br2Cl2NO2/c25-23-13-5-1-2-6-14(13)24(26,16-8-4-3-7-15(16)23)20-19(23)21(30)29(22(20)31)18-10-9-12(27)11-17(18)28/h1-11,19-20H/t19-,20-,23?,24?/m0/s1. The van der Waals surface area contributed by atoms with E-state index in [2.05, 4.69) is 31.9 Å². The van der Waals surface area contributed by atoms with Gasteiger partial charge in [-0.2, -0.15) is 0 Å². The summed E-state index contributed by atoms with van der Waals surface area (Å²) in [5.41, 5.74) is 4.35. The summed E-state index contributed by atoms with van der Waals surface area (Å²) >= 11 is 20.4. The van der Waals surface area contributed by atoms with Crippen LogP contribution in [0.1, 0.15) is 22.3 Å². The number of alkyl halides is 2. The summed E-state index contributed by atoms with van der Waals surface area (Å²) < 4.78 is -1.64. The summed E-state index contributed by atoms with van der Waals surface area (Å²) in [6.07, 6.45) is 0. The van der Waals surface area contributed by atoms with E-state index in [4.69, 9.17) is 23.2 Å². The minimum Gasteiger partial charge on any atom is -0.274 e. The second-order valence-corrected chi connectivity index (χ2v) is 11.4. The first-order valence-corrected chi connectivity index (χ1v) is 12.1. The van der Waals surface area contributed by atoms with E-state index < -0.39 is 20.5 Å². The lowest BCUT2D eigenvalue weighted by atomic mass is 9.54. The number of hydrogen-bond acceptors (Lipinski definition) is 2. The summed E-state index contributed by atoms with van der Waals surface area (Å²) in [5, 5.41) is 0.710. The van der Waals surface area contributed by atoms with Crippen LogP contribution in [-0.4, -0.2) is 11.8 Å². The Labute approximate surface area is 205 Å². The van der Waals surface area contributed by atoms with Gasteiger partial charge in [0.05, 0.1) is 31.2 Å². The zero-order chi connectivity index (χ0) is 21.7. The largest absolute Gasteiger partial charge is 0.274 e. The predicted molar refractivity (Wildman–Crippen MR) is 128 cm³/mol. The lowest BCUT2D eigenvalue weighted by molar-refractivity contribution is -0.122. The number of nitrogens with zero attached hydrogens (tertiary/aromatic N) is 1. The van der Waals surface area contributed by atoms with Crippen molar-refractivity contribution >= 4 is 72.6 Å². The van der Waals surface area contributed by atoms with Gasteiger partial charge in [-0.3, -0.25) is 9.59 Å². The SMILES string of the molecule is O=C1[C@@H]2[C@@H](C(=O)N1c1ccc(Cl)cc1Cl)C1(Br)c3ccccc3C2(Br)c2ccccc21. The molecule has 0 radical (unpaired) electrons. The molecule has 4 aliphatic rings. The van der Waals surface area contributed by atoms with Crippen LogP contribution in [0.2, 0.25) is 10.0 Å². The Morgan fingerprint density at radius 1 is 0.710 bits per heavy atom. The van der Waals surface area contributed by atoms with E-state index in [0.29, 0.717) is 10.7 Å². The molecule has 3 aromatic carbocycles. The third kappa shape index (κ3) is 2.26. The van der Waals surface area contributed by atoms with Crippen LogP contribution in [0.3, 0.4) is 0 Å². The second kappa shape index (κ2) is 6.44. The minimum atomic E-state index is -0.819. The van der Waals surface area contributed by atoms with Crippen LogP contribution in [0, 0.1) is 11.8 Å². The van der Waals surface area contributed by atoms with Crippen LogP contribution in [0.4, 0.5) is 5.69 Å². The van der Waals surface area contributed by atoms with Crippen molar-refractivity contribution in [1.29, 1.82) is 0 Å². The van der Waals surface area contributed by atoms with Gasteiger partial charge in [-0.1, -0.05) is 104 Å². The molecular weight excluding hydrogens is 565 g/mol. The number of halogens is 4. The molecule has 1 heterocycles. The third-order valence-corrected chi connectivity index (χ3v) is 9.97. The smallest absolute Gasteiger partial charge is 0.239 e. The lowest BCUT2D eigenvalue weighted by Crippen LogP contribution is -2.56. The zero-order valence-electron chi connectivity index (χ0n) is 15.8. The summed E-state index contributed by atoms with van der Waals surface area (Å²) in [7, 11) is 0. The fraction of sp³-hybridized carbons (Fsp3) is 0.167. The maximum atomic E-state index is 13.9. The highest BCUT2D eigenvalue weighted by Crippen LogP contribution is 2.71. The summed E-state index contributed by atoms with van der Waals surface area (Å²) in [6, 6.07) is 20.8. The Balaban J connectivity index is 1.66. The number of rotatable bonds is 1. The summed E-state index contributed by atoms with van der Waals surface area (Å²) in [4.78, 5) is 29.0. The van der Waals surface area contributed by atoms with Crippen molar-refractivity contribution in [2.75, 3.05) is 4.90 Å². The van der Waals surface area contributed by atoms with Gasteiger partial charge in [-0.05, 0) is 40.5 Å². The van der Waals surface area contributed by atoms with Gasteiger partial charge in [0.1, 0.15) is 0 Å². The average Bonchev–Trinajstić information content (AvgIpc) is 3.04. The van der Waals surface area contributed by atoms with Crippen LogP contribution < -0.4 is 4.90 Å². The first-order valence-electron chi connectivity index (χ1n) is 9.72. The van der Waals surface area contributed by atoms with Crippen molar-refractivity contribution in [1.82, 2.24) is 0 Å². The molecular formula is C24H13Br2Cl2NO2. The van der Waals surface area contributed by atoms with E-state index in [9.17, 15) is 9.59 Å². The molecule has 3 aromatic rings. The Morgan fingerprint density at radius 2 is 1.13 bits per heavy atom. The molecule has 2 bridgehead atoms. The van der Waals surface area contributed by atoms with Gasteiger partial charge in [0.25, 0.3) is 0 Å². The van der Waals surface area contributed by atoms with E-state index in [1.54, 1.807) is 18.2 Å². The molecule has 0 N–H and O–H groups in total. The number of carbonyl (C=O) groups is 2. The molecule has 0 spiro atoms. The van der Waals surface area contributed by atoms with Crippen LogP contribution in [0.25, 0.3) is 0 Å². The molecule has 0 saturated carbocycles. The quantitative estimate of drug-likeness (QED) is 0.248. The van der Waals surface area contributed by atoms with Crippen LogP contribution >= 0.6 is 55.1 Å². The first kappa shape index (κ1) is 20.0. The minimum absolute atomic E-state index is 0.266. The van der Waals surface area contributed by atoms with Crippen molar-refractivity contribution in [2.45, 2.75) is 8.65 Å². The molecule has 0 aromatic heterocycles. The Morgan fingerprint density at radius 3 is 1.52 bits per heavy atom. The highest BCUT2D eigenvalue weighted by atomic mass is 79.9. The Bertz CT molecular complexity index is 1200. The van der Waals surface area contributed by atoms with Gasteiger partial charge >= 0.3 is 0 Å². The second-order valence-electron chi connectivity index (χ2n) is 8.08. The molecule has 3 aliphatic carbocycles. The van der Waals surface area contributed by atoms with Crippen molar-refractivity contribution in [2.24, 2.45) is 11.8 Å². The molecule has 154 valence electrons. The molecule has 1 saturated heterocycles. The van der Waals surface area contributed by atoms with E-state index in [1.165, 1.54) is 4.90 Å². The molecule has 7 rings (SSSR count). The average molecular weight is 578 g/mol. The molecule has 2 amide bonds. The maximum Gasteiger partial charge on any atom is 0.239 e. The van der Waals surface area contributed by atoms with Crippen molar-refractivity contribution < 1.29 is 9.59 Å². The summed E-state index contributed by atoms with van der Waals surface area (Å²) in [5.74, 6) is -1.81. The Hall–Kier alpha value is -1.66. The van der Waals surface area contributed by atoms with Gasteiger partial charge < -0.3 is 0 Å². The van der Waals surface area contributed by atoms with Crippen molar-refractivity contribution in [3.8, 4) is 0 Å². The molecule has 1 fully saturated rings. The number of amides is 2. The fourth-order valence-electron chi connectivity index (χ4n) is 5.57. The number of hydrogen-bond donors (Lipinski definition) is 0. The van der Waals surface area contributed by atoms with E-state index >= 15 is 0 Å². The number of benzene rings is 3. The number of carbonyl (C=O) groups excluding carboxylic acids is 2. The van der Waals surface area contributed by atoms with Crippen molar-refractivity contribution in [3.05, 3.63) is 99.0 Å². The highest BCUT2D eigenvalue weighted by molar-refractivity contribution is 9.10. The predicted octanol–water partition coefficient (Wildman–Crippen LogP) is 6.40. The molecule has 0 unspecified atom stereocenters. The van der Waals surface area contributed by atoms with E-state index in [-0.39, 0.29) is 16.8 Å². The number of anilines is 1. The zero-order valence-corrected chi connectivity index (χ0v) is 20.5. The molecule has 7 heteroatoms. The topological polar surface area (TPSA) is 37.4 Å². The van der Waals surface area contributed by atoms with E-state index in [1.807, 2.05) is 48.5 Å². The summed E-state index contributed by atoms with van der Waals surface area (Å²) in [6.45, 7) is 0. The molecule has 1 aliphatic heterocycles. The third-order valence-electron chi connectivity index (χ3n) is 6.74. The van der Waals surface area contributed by atoms with E-state index in [0.717, 1.165) is 22.3 Å². The fourth-order valence-corrected chi connectivity index (χ4v) is 8.36. The normalized spacial score (nSPS) is 30.3. The van der Waals surface area contributed by atoms with Crippen molar-refractivity contribution in [3.63, 3.8) is 0 Å². The van der Waals surface area contributed by atoms with Gasteiger partial charge in [0.15, 0.2) is 0 Å². The lowest BCUT2D eigenvalue weighted by Gasteiger charge is -2.55. The molecule has 2 atom stereocenters. The van der Waals surface area contributed by atoms with Crippen LogP contribution in [0.15, 0.2) is 66.7 Å². The highest BCUT2D eigenvalue weighted by Gasteiger charge is 2.72. The van der Waals surface area contributed by atoms with Gasteiger partial charge in [-0.25, -0.2) is 4.90 Å². The Kier molecular flexibility index (Phi) is 4.15. The van der Waals surface area contributed by atoms with Gasteiger partial charge in [0, 0.05) is 5.02 Å². The monoisotopic (exact) mass is 575 g/mol. The van der Waals surface area contributed by atoms with Gasteiger partial charge in [0.2, 0.25) is 11.8 Å². The first-order chi connectivity index (χ1) is 14.8. The maximum absolute atomic E-state index is 13.9. The van der Waals surface area contributed by atoms with Gasteiger partial charge in [-0.15, -0.1) is 0 Å². The number of imide groups is 1. The molecule has 31 heavy (non-hydrogen) atoms. The molecule has 3 nitrogen and oxygen atoms in total. The van der Waals surface area contributed by atoms with Crippen LogP contribution in [0.5, 0.6) is 0 Å². The van der Waals surface area contributed by atoms with Crippen LogP contribution in [-0.2, 0) is 18.2 Å².